The third-order valence-electron chi connectivity index (χ3n) is 2.84. The second-order valence-corrected chi connectivity index (χ2v) is 6.74. The monoisotopic (exact) mass is 304 g/mol. The highest BCUT2D eigenvalue weighted by atomic mass is 32.2. The Balaban J connectivity index is 2.12. The van der Waals surface area contributed by atoms with E-state index in [4.69, 9.17) is 5.73 Å². The van der Waals surface area contributed by atoms with Gasteiger partial charge in [-0.15, -0.1) is 0 Å². The van der Waals surface area contributed by atoms with Crippen molar-refractivity contribution in [1.82, 2.24) is 0 Å². The van der Waals surface area contributed by atoms with Gasteiger partial charge in [0.25, 0.3) is 0 Å². The zero-order valence-corrected chi connectivity index (χ0v) is 12.4. The summed E-state index contributed by atoms with van der Waals surface area (Å²) in [7, 11) is -3.66. The number of sulfone groups is 1. The first-order valence-electron chi connectivity index (χ1n) is 6.32. The molecule has 0 aromatic heterocycles. The SMILES string of the molecule is Cc1cccc(S(=O)(=O)CC(=O)Nc2cccc(N)c2)c1. The number of hydrogen-bond donors (Lipinski definition) is 2. The number of aryl methyl sites for hydroxylation is 1. The number of nitrogens with two attached hydrogens (primary N) is 1. The average molecular weight is 304 g/mol. The number of anilines is 2. The Morgan fingerprint density at radius 1 is 1.14 bits per heavy atom. The molecule has 0 fully saturated rings. The molecule has 0 radical (unpaired) electrons. The smallest absolute Gasteiger partial charge is 0.239 e. The van der Waals surface area contributed by atoms with Crippen molar-refractivity contribution in [3.8, 4) is 0 Å². The van der Waals surface area contributed by atoms with Crippen LogP contribution >= 0.6 is 0 Å². The van der Waals surface area contributed by atoms with Gasteiger partial charge in [-0.1, -0.05) is 18.2 Å². The van der Waals surface area contributed by atoms with Gasteiger partial charge in [0.15, 0.2) is 9.84 Å². The van der Waals surface area contributed by atoms with Gasteiger partial charge in [0.2, 0.25) is 5.91 Å². The normalized spacial score (nSPS) is 11.1. The summed E-state index contributed by atoms with van der Waals surface area (Å²) in [5.74, 6) is -1.20. The van der Waals surface area contributed by atoms with Crippen molar-refractivity contribution in [3.63, 3.8) is 0 Å². The minimum Gasteiger partial charge on any atom is -0.399 e. The van der Waals surface area contributed by atoms with Gasteiger partial charge >= 0.3 is 0 Å². The third-order valence-corrected chi connectivity index (χ3v) is 4.45. The van der Waals surface area contributed by atoms with Crippen molar-refractivity contribution in [3.05, 3.63) is 54.1 Å². The van der Waals surface area contributed by atoms with E-state index in [1.165, 1.54) is 6.07 Å². The summed E-state index contributed by atoms with van der Waals surface area (Å²) in [6, 6.07) is 13.0. The summed E-state index contributed by atoms with van der Waals surface area (Å²) < 4.78 is 24.3. The number of carbonyl (C=O) groups excluding carboxylic acids is 1. The Kier molecular flexibility index (Phi) is 4.28. The first kappa shape index (κ1) is 15.1. The van der Waals surface area contributed by atoms with E-state index >= 15 is 0 Å². The Bertz CT molecular complexity index is 770. The molecule has 110 valence electrons. The zero-order valence-electron chi connectivity index (χ0n) is 11.5. The lowest BCUT2D eigenvalue weighted by molar-refractivity contribution is -0.113. The second kappa shape index (κ2) is 5.97. The molecule has 0 aliphatic rings. The molecule has 2 aromatic carbocycles. The largest absolute Gasteiger partial charge is 0.399 e. The molecule has 6 heteroatoms. The van der Waals surface area contributed by atoms with Crippen LogP contribution in [0.3, 0.4) is 0 Å². The van der Waals surface area contributed by atoms with E-state index in [0.717, 1.165) is 5.56 Å². The summed E-state index contributed by atoms with van der Waals surface area (Å²) in [6.07, 6.45) is 0. The van der Waals surface area contributed by atoms with E-state index in [1.807, 2.05) is 0 Å². The number of carbonyl (C=O) groups is 1. The zero-order chi connectivity index (χ0) is 15.5. The molecule has 2 rings (SSSR count). The maximum Gasteiger partial charge on any atom is 0.239 e. The average Bonchev–Trinajstić information content (AvgIpc) is 2.37. The van der Waals surface area contributed by atoms with Crippen molar-refractivity contribution in [2.24, 2.45) is 0 Å². The van der Waals surface area contributed by atoms with Crippen LogP contribution in [0.5, 0.6) is 0 Å². The Morgan fingerprint density at radius 3 is 2.52 bits per heavy atom. The quantitative estimate of drug-likeness (QED) is 0.845. The van der Waals surface area contributed by atoms with Crippen molar-refractivity contribution in [2.75, 3.05) is 16.8 Å². The molecule has 0 unspecified atom stereocenters. The second-order valence-electron chi connectivity index (χ2n) is 4.75. The van der Waals surface area contributed by atoms with Gasteiger partial charge in [-0.2, -0.15) is 0 Å². The van der Waals surface area contributed by atoms with Crippen molar-refractivity contribution >= 4 is 27.1 Å². The molecule has 3 N–H and O–H groups in total. The maximum atomic E-state index is 12.2. The molecule has 5 nitrogen and oxygen atoms in total. The molecule has 2 aromatic rings. The third kappa shape index (κ3) is 4.06. The highest BCUT2D eigenvalue weighted by Crippen LogP contribution is 2.15. The number of benzene rings is 2. The summed E-state index contributed by atoms with van der Waals surface area (Å²) in [5, 5.41) is 2.53. The van der Waals surface area contributed by atoms with Crippen LogP contribution in [-0.4, -0.2) is 20.1 Å². The lowest BCUT2D eigenvalue weighted by Gasteiger charge is -2.07. The van der Waals surface area contributed by atoms with E-state index in [1.54, 1.807) is 49.4 Å². The predicted molar refractivity (Wildman–Crippen MR) is 82.7 cm³/mol. The summed E-state index contributed by atoms with van der Waals surface area (Å²) >= 11 is 0. The lowest BCUT2D eigenvalue weighted by Crippen LogP contribution is -2.23. The van der Waals surface area contributed by atoms with Crippen LogP contribution in [-0.2, 0) is 14.6 Å². The standard InChI is InChI=1S/C15H16N2O3S/c1-11-4-2-7-14(8-11)21(19,20)10-15(18)17-13-6-3-5-12(16)9-13/h2-9H,10,16H2,1H3,(H,17,18). The van der Waals surface area contributed by atoms with Gasteiger partial charge in [-0.05, 0) is 42.8 Å². The highest BCUT2D eigenvalue weighted by Gasteiger charge is 2.19. The fourth-order valence-corrected chi connectivity index (χ4v) is 3.11. The molecule has 0 saturated heterocycles. The maximum absolute atomic E-state index is 12.2. The number of hydrogen-bond acceptors (Lipinski definition) is 4. The van der Waals surface area contributed by atoms with Gasteiger partial charge in [-0.25, -0.2) is 8.42 Å². The van der Waals surface area contributed by atoms with Gasteiger partial charge in [0, 0.05) is 11.4 Å². The number of amides is 1. The molecule has 21 heavy (non-hydrogen) atoms. The minimum atomic E-state index is -3.66. The van der Waals surface area contributed by atoms with Crippen LogP contribution in [0.2, 0.25) is 0 Å². The Hall–Kier alpha value is -2.34. The molecule has 0 bridgehead atoms. The predicted octanol–water partition coefficient (Wildman–Crippen LogP) is 1.99. The van der Waals surface area contributed by atoms with Gasteiger partial charge in [-0.3, -0.25) is 4.79 Å². The summed E-state index contributed by atoms with van der Waals surface area (Å²) in [6.45, 7) is 1.80. The molecule has 0 spiro atoms. The molecular weight excluding hydrogens is 288 g/mol. The fourth-order valence-electron chi connectivity index (χ4n) is 1.88. The number of nitrogens with one attached hydrogen (secondary N) is 1. The molecule has 0 aliphatic carbocycles. The van der Waals surface area contributed by atoms with Gasteiger partial charge < -0.3 is 11.1 Å². The van der Waals surface area contributed by atoms with Crippen molar-refractivity contribution < 1.29 is 13.2 Å². The van der Waals surface area contributed by atoms with E-state index in [9.17, 15) is 13.2 Å². The summed E-state index contributed by atoms with van der Waals surface area (Å²) in [5.41, 5.74) is 7.39. The Labute approximate surface area is 123 Å². The molecule has 1 amide bonds. The molecule has 0 heterocycles. The summed E-state index contributed by atoms with van der Waals surface area (Å²) in [4.78, 5) is 12.0. The van der Waals surface area contributed by atoms with Gasteiger partial charge in [0.1, 0.15) is 5.75 Å². The van der Waals surface area contributed by atoms with E-state index in [0.29, 0.717) is 11.4 Å². The molecule has 0 saturated carbocycles. The van der Waals surface area contributed by atoms with E-state index in [-0.39, 0.29) is 4.90 Å². The Morgan fingerprint density at radius 2 is 1.86 bits per heavy atom. The van der Waals surface area contributed by atoms with Crippen molar-refractivity contribution in [2.45, 2.75) is 11.8 Å². The number of rotatable bonds is 4. The van der Waals surface area contributed by atoms with Crippen LogP contribution < -0.4 is 11.1 Å². The van der Waals surface area contributed by atoms with Crippen LogP contribution in [0.15, 0.2) is 53.4 Å². The van der Waals surface area contributed by atoms with Crippen molar-refractivity contribution in [1.29, 1.82) is 0 Å². The van der Waals surface area contributed by atoms with Crippen LogP contribution in [0.4, 0.5) is 11.4 Å². The fraction of sp³-hybridized carbons (Fsp3) is 0.133. The molecule has 0 aliphatic heterocycles. The van der Waals surface area contributed by atoms with Crippen LogP contribution in [0.1, 0.15) is 5.56 Å². The molecule has 0 atom stereocenters. The first-order chi connectivity index (χ1) is 9.87. The molecular formula is C15H16N2O3S. The lowest BCUT2D eigenvalue weighted by atomic mass is 10.2. The minimum absolute atomic E-state index is 0.144. The van der Waals surface area contributed by atoms with Crippen LogP contribution in [0, 0.1) is 6.92 Å². The van der Waals surface area contributed by atoms with E-state index < -0.39 is 21.5 Å². The number of nitrogen functional groups attached to an aromatic ring is 1. The van der Waals surface area contributed by atoms with Crippen LogP contribution in [0.25, 0.3) is 0 Å². The van der Waals surface area contributed by atoms with E-state index in [2.05, 4.69) is 5.32 Å². The topological polar surface area (TPSA) is 89.3 Å². The first-order valence-corrected chi connectivity index (χ1v) is 7.97. The highest BCUT2D eigenvalue weighted by molar-refractivity contribution is 7.92. The van der Waals surface area contributed by atoms with Gasteiger partial charge in [0.05, 0.1) is 4.90 Å².